The van der Waals surface area contributed by atoms with Gasteiger partial charge in [0.25, 0.3) is 0 Å². The number of carbonyl (C=O) groups is 1. The van der Waals surface area contributed by atoms with Crippen molar-refractivity contribution in [2.75, 3.05) is 18.0 Å². The second kappa shape index (κ2) is 6.31. The summed E-state index contributed by atoms with van der Waals surface area (Å²) in [4.78, 5) is 23.9. The summed E-state index contributed by atoms with van der Waals surface area (Å²) in [6.45, 7) is 3.97. The fourth-order valence-electron chi connectivity index (χ4n) is 4.81. The maximum Gasteiger partial charge on any atom is 0.228 e. The zero-order chi connectivity index (χ0) is 16.6. The van der Waals surface area contributed by atoms with E-state index in [1.54, 1.807) is 12.4 Å². The molecule has 1 aromatic rings. The quantitative estimate of drug-likeness (QED) is 0.876. The topological polar surface area (TPSA) is 70.2 Å². The van der Waals surface area contributed by atoms with Crippen molar-refractivity contribution in [3.63, 3.8) is 0 Å². The van der Waals surface area contributed by atoms with Gasteiger partial charge in [0.15, 0.2) is 0 Å². The smallest absolute Gasteiger partial charge is 0.228 e. The summed E-state index contributed by atoms with van der Waals surface area (Å²) in [5.74, 6) is 1.07. The van der Waals surface area contributed by atoms with E-state index in [1.165, 1.54) is 6.42 Å². The van der Waals surface area contributed by atoms with Gasteiger partial charge >= 0.3 is 0 Å². The van der Waals surface area contributed by atoms with Crippen molar-refractivity contribution in [1.82, 2.24) is 20.6 Å². The lowest BCUT2D eigenvalue weighted by molar-refractivity contribution is -0.133. The van der Waals surface area contributed by atoms with Crippen molar-refractivity contribution >= 4 is 11.9 Å². The Balaban J connectivity index is 1.34. The van der Waals surface area contributed by atoms with Gasteiger partial charge in [0, 0.05) is 43.6 Å². The summed E-state index contributed by atoms with van der Waals surface area (Å²) >= 11 is 0. The summed E-state index contributed by atoms with van der Waals surface area (Å²) in [5, 5.41) is 6.99. The minimum Gasteiger partial charge on any atom is -0.353 e. The molecule has 0 aliphatic carbocycles. The molecule has 3 saturated heterocycles. The minimum atomic E-state index is -0.178. The van der Waals surface area contributed by atoms with Gasteiger partial charge in [0.05, 0.1) is 5.41 Å². The lowest BCUT2D eigenvalue weighted by atomic mass is 9.71. The molecule has 4 rings (SSSR count). The van der Waals surface area contributed by atoms with Crippen molar-refractivity contribution in [3.05, 3.63) is 18.5 Å². The monoisotopic (exact) mass is 329 g/mol. The van der Waals surface area contributed by atoms with Crippen LogP contribution in [0, 0.1) is 5.41 Å². The number of nitrogens with zero attached hydrogens (tertiary/aromatic N) is 3. The van der Waals surface area contributed by atoms with Crippen molar-refractivity contribution in [2.45, 2.75) is 63.6 Å². The van der Waals surface area contributed by atoms with Crippen molar-refractivity contribution in [3.8, 4) is 0 Å². The van der Waals surface area contributed by atoms with Crippen LogP contribution in [0.5, 0.6) is 0 Å². The second-order valence-corrected chi connectivity index (χ2v) is 7.49. The number of carbonyl (C=O) groups excluding carboxylic acids is 1. The summed E-state index contributed by atoms with van der Waals surface area (Å²) in [5.41, 5.74) is -0.178. The van der Waals surface area contributed by atoms with E-state index >= 15 is 0 Å². The SMILES string of the molecule is CC[C@@]1(C(=O)NC2CCN(c3ncccn3)CC2)C[C@@H]2CC[C@H]1N2. The third-order valence-corrected chi connectivity index (χ3v) is 6.27. The maximum atomic E-state index is 13.0. The highest BCUT2D eigenvalue weighted by molar-refractivity contribution is 5.84. The largest absolute Gasteiger partial charge is 0.353 e. The lowest BCUT2D eigenvalue weighted by Gasteiger charge is -2.38. The van der Waals surface area contributed by atoms with Gasteiger partial charge in [-0.05, 0) is 44.6 Å². The Labute approximate surface area is 143 Å². The van der Waals surface area contributed by atoms with Crippen molar-refractivity contribution in [2.24, 2.45) is 5.41 Å². The lowest BCUT2D eigenvalue weighted by Crippen LogP contribution is -2.53. The van der Waals surface area contributed by atoms with Gasteiger partial charge in [-0.1, -0.05) is 6.92 Å². The molecule has 3 fully saturated rings. The van der Waals surface area contributed by atoms with Crippen LogP contribution in [0.3, 0.4) is 0 Å². The number of hydrogen-bond donors (Lipinski definition) is 2. The number of rotatable bonds is 4. The predicted octanol–water partition coefficient (Wildman–Crippen LogP) is 1.48. The van der Waals surface area contributed by atoms with Crippen LogP contribution in [0.25, 0.3) is 0 Å². The van der Waals surface area contributed by atoms with Gasteiger partial charge in [-0.3, -0.25) is 4.79 Å². The highest BCUT2D eigenvalue weighted by Gasteiger charge is 2.54. The van der Waals surface area contributed by atoms with Crippen LogP contribution in [-0.2, 0) is 4.79 Å². The van der Waals surface area contributed by atoms with Crippen LogP contribution in [0.1, 0.15) is 45.4 Å². The van der Waals surface area contributed by atoms with E-state index in [2.05, 4.69) is 32.4 Å². The van der Waals surface area contributed by atoms with Crippen LogP contribution >= 0.6 is 0 Å². The molecule has 3 aliphatic rings. The molecule has 6 heteroatoms. The first-order valence-corrected chi connectivity index (χ1v) is 9.30. The summed E-state index contributed by atoms with van der Waals surface area (Å²) in [6.07, 6.45) is 9.81. The number of nitrogens with one attached hydrogen (secondary N) is 2. The molecule has 0 aromatic carbocycles. The van der Waals surface area contributed by atoms with Crippen LogP contribution < -0.4 is 15.5 Å². The van der Waals surface area contributed by atoms with E-state index in [0.717, 1.165) is 51.1 Å². The molecule has 0 spiro atoms. The van der Waals surface area contributed by atoms with Gasteiger partial charge in [-0.2, -0.15) is 0 Å². The molecule has 3 atom stereocenters. The molecule has 1 aromatic heterocycles. The Bertz CT molecular complexity index is 586. The fourth-order valence-corrected chi connectivity index (χ4v) is 4.81. The van der Waals surface area contributed by atoms with E-state index < -0.39 is 0 Å². The molecule has 4 heterocycles. The highest BCUT2D eigenvalue weighted by Crippen LogP contribution is 2.46. The number of fused-ring (bicyclic) bond motifs is 2. The van der Waals surface area contributed by atoms with Crippen LogP contribution in [0.4, 0.5) is 5.95 Å². The van der Waals surface area contributed by atoms with Gasteiger partial charge in [0.2, 0.25) is 11.9 Å². The molecule has 0 saturated carbocycles. The predicted molar refractivity (Wildman–Crippen MR) is 92.7 cm³/mol. The number of amides is 1. The van der Waals surface area contributed by atoms with Gasteiger partial charge < -0.3 is 15.5 Å². The third kappa shape index (κ3) is 2.66. The molecule has 24 heavy (non-hydrogen) atoms. The Morgan fingerprint density at radius 1 is 1.29 bits per heavy atom. The average molecular weight is 329 g/mol. The van der Waals surface area contributed by atoms with E-state index in [-0.39, 0.29) is 17.4 Å². The molecule has 130 valence electrons. The molecule has 2 bridgehead atoms. The van der Waals surface area contributed by atoms with Crippen molar-refractivity contribution in [1.29, 1.82) is 0 Å². The number of hydrogen-bond acceptors (Lipinski definition) is 5. The molecular formula is C18H27N5O. The Morgan fingerprint density at radius 2 is 2.04 bits per heavy atom. The molecule has 2 N–H and O–H groups in total. The standard InChI is InChI=1S/C18H27N5O/c1-2-18(12-14-4-5-15(18)21-14)16(24)22-13-6-10-23(11-7-13)17-19-8-3-9-20-17/h3,8-9,13-15,21H,2,4-7,10-12H2,1H3,(H,22,24)/t14-,15+,18+/m0/s1. The molecule has 0 unspecified atom stereocenters. The zero-order valence-corrected chi connectivity index (χ0v) is 14.4. The Morgan fingerprint density at radius 3 is 2.62 bits per heavy atom. The average Bonchev–Trinajstić information content (AvgIpc) is 3.25. The van der Waals surface area contributed by atoms with Gasteiger partial charge in [-0.15, -0.1) is 0 Å². The Hall–Kier alpha value is -1.69. The second-order valence-electron chi connectivity index (χ2n) is 7.49. The first-order valence-electron chi connectivity index (χ1n) is 9.30. The van der Waals surface area contributed by atoms with E-state index in [1.807, 2.05) is 6.07 Å². The minimum absolute atomic E-state index is 0.178. The normalized spacial score (nSPS) is 33.0. The van der Waals surface area contributed by atoms with E-state index in [4.69, 9.17) is 0 Å². The van der Waals surface area contributed by atoms with E-state index in [9.17, 15) is 4.79 Å². The number of piperidine rings is 1. The summed E-state index contributed by atoms with van der Waals surface area (Å²) in [7, 11) is 0. The number of aromatic nitrogens is 2. The van der Waals surface area contributed by atoms with Gasteiger partial charge in [0.1, 0.15) is 0 Å². The molecule has 6 nitrogen and oxygen atoms in total. The third-order valence-electron chi connectivity index (χ3n) is 6.27. The molecule has 3 aliphatic heterocycles. The fraction of sp³-hybridized carbons (Fsp3) is 0.722. The molecule has 1 amide bonds. The Kier molecular flexibility index (Phi) is 4.16. The van der Waals surface area contributed by atoms with Crippen LogP contribution in [-0.4, -0.2) is 47.1 Å². The molecule has 0 radical (unpaired) electrons. The summed E-state index contributed by atoms with van der Waals surface area (Å²) < 4.78 is 0. The van der Waals surface area contributed by atoms with E-state index in [0.29, 0.717) is 12.1 Å². The highest BCUT2D eigenvalue weighted by atomic mass is 16.2. The molecular weight excluding hydrogens is 302 g/mol. The van der Waals surface area contributed by atoms with Crippen LogP contribution in [0.2, 0.25) is 0 Å². The summed E-state index contributed by atoms with van der Waals surface area (Å²) in [6, 6.07) is 3.05. The maximum absolute atomic E-state index is 13.0. The first-order chi connectivity index (χ1) is 11.7. The van der Waals surface area contributed by atoms with Gasteiger partial charge in [-0.25, -0.2) is 9.97 Å². The first kappa shape index (κ1) is 15.8. The van der Waals surface area contributed by atoms with Crippen molar-refractivity contribution < 1.29 is 4.79 Å². The van der Waals surface area contributed by atoms with Crippen LogP contribution in [0.15, 0.2) is 18.5 Å². The number of anilines is 1. The zero-order valence-electron chi connectivity index (χ0n) is 14.4.